The molecule has 142 valence electrons. The monoisotopic (exact) mass is 375 g/mol. The molecule has 0 fully saturated rings. The quantitative estimate of drug-likeness (QED) is 0.594. The van der Waals surface area contributed by atoms with Crippen LogP contribution in [0, 0.1) is 0 Å². The fourth-order valence-corrected chi connectivity index (χ4v) is 3.37. The molecule has 0 saturated carbocycles. The number of ether oxygens (including phenoxy) is 1. The van der Waals surface area contributed by atoms with Gasteiger partial charge in [-0.05, 0) is 36.6 Å². The van der Waals surface area contributed by atoms with Gasteiger partial charge >= 0.3 is 5.69 Å². The number of hydrogen-bond acceptors (Lipinski definition) is 3. The molecule has 1 heterocycles. The Morgan fingerprint density at radius 1 is 0.964 bits per heavy atom. The fraction of sp³-hybridized carbons (Fsp3) is 0.182. The van der Waals surface area contributed by atoms with E-state index in [0.717, 1.165) is 21.8 Å². The Labute approximate surface area is 162 Å². The summed E-state index contributed by atoms with van der Waals surface area (Å²) in [5.41, 5.74) is 2.08. The Morgan fingerprint density at radius 2 is 1.68 bits per heavy atom. The predicted molar refractivity (Wildman–Crippen MR) is 111 cm³/mol. The van der Waals surface area contributed by atoms with Gasteiger partial charge in [0.25, 0.3) is 5.91 Å². The molecule has 0 saturated heterocycles. The van der Waals surface area contributed by atoms with Crippen molar-refractivity contribution in [1.82, 2.24) is 9.13 Å². The van der Waals surface area contributed by atoms with Gasteiger partial charge in [-0.3, -0.25) is 13.9 Å². The number of nitrogens with one attached hydrogen (secondary N) is 1. The van der Waals surface area contributed by atoms with Crippen LogP contribution < -0.4 is 15.7 Å². The largest absolute Gasteiger partial charge is 0.480 e. The van der Waals surface area contributed by atoms with Crippen molar-refractivity contribution < 1.29 is 9.53 Å². The number of imidazole rings is 1. The summed E-state index contributed by atoms with van der Waals surface area (Å²) in [6, 6.07) is 19.1. The van der Waals surface area contributed by atoms with Crippen molar-refractivity contribution in [3.8, 4) is 5.75 Å². The first kappa shape index (κ1) is 17.9. The maximum absolute atomic E-state index is 12.6. The standard InChI is InChI=1S/C22H21N3O3/c1-14(28-20-10-6-8-15-7-4-5-9-17(15)20)21(26)23-16-11-12-18-19(13-16)25(3)22(27)24(18)2/h4-14H,1-3H3,(H,23,26)/t14-/m0/s1. The molecule has 6 nitrogen and oxygen atoms in total. The molecule has 0 bridgehead atoms. The van der Waals surface area contributed by atoms with Gasteiger partial charge in [0.2, 0.25) is 0 Å². The summed E-state index contributed by atoms with van der Waals surface area (Å²) in [7, 11) is 3.44. The summed E-state index contributed by atoms with van der Waals surface area (Å²) in [6.07, 6.45) is -0.680. The lowest BCUT2D eigenvalue weighted by atomic mass is 10.1. The van der Waals surface area contributed by atoms with E-state index in [1.54, 1.807) is 42.3 Å². The molecule has 4 aromatic rings. The third-order valence-corrected chi connectivity index (χ3v) is 4.96. The van der Waals surface area contributed by atoms with Crippen molar-refractivity contribution in [1.29, 1.82) is 0 Å². The smallest absolute Gasteiger partial charge is 0.328 e. The molecule has 6 heteroatoms. The first-order valence-corrected chi connectivity index (χ1v) is 9.06. The number of benzene rings is 3. The highest BCUT2D eigenvalue weighted by Crippen LogP contribution is 2.26. The van der Waals surface area contributed by atoms with Crippen molar-refractivity contribution >= 4 is 33.4 Å². The Kier molecular flexibility index (Phi) is 4.39. The van der Waals surface area contributed by atoms with E-state index >= 15 is 0 Å². The lowest BCUT2D eigenvalue weighted by Crippen LogP contribution is -2.30. The van der Waals surface area contributed by atoms with Crippen LogP contribution in [-0.2, 0) is 18.9 Å². The van der Waals surface area contributed by atoms with Crippen molar-refractivity contribution in [2.45, 2.75) is 13.0 Å². The first-order chi connectivity index (χ1) is 13.5. The summed E-state index contributed by atoms with van der Waals surface area (Å²) in [5.74, 6) is 0.412. The summed E-state index contributed by atoms with van der Waals surface area (Å²) < 4.78 is 9.06. The van der Waals surface area contributed by atoms with Crippen molar-refractivity contribution in [3.63, 3.8) is 0 Å². The predicted octanol–water partition coefficient (Wildman–Crippen LogP) is 3.44. The van der Waals surface area contributed by atoms with Gasteiger partial charge < -0.3 is 10.1 Å². The number of rotatable bonds is 4. The van der Waals surface area contributed by atoms with Gasteiger partial charge in [0.1, 0.15) is 5.75 Å². The van der Waals surface area contributed by atoms with Crippen LogP contribution in [0.1, 0.15) is 6.92 Å². The fourth-order valence-electron chi connectivity index (χ4n) is 3.37. The van der Waals surface area contributed by atoms with Crippen LogP contribution in [0.5, 0.6) is 5.75 Å². The number of carbonyl (C=O) groups excluding carboxylic acids is 1. The molecule has 4 rings (SSSR count). The third kappa shape index (κ3) is 3.03. The molecule has 0 aliphatic rings. The number of carbonyl (C=O) groups is 1. The van der Waals surface area contributed by atoms with E-state index in [4.69, 9.17) is 4.74 Å². The molecular formula is C22H21N3O3. The van der Waals surface area contributed by atoms with Gasteiger partial charge in [-0.2, -0.15) is 0 Å². The second kappa shape index (κ2) is 6.88. The average Bonchev–Trinajstić information content (AvgIpc) is 2.92. The molecule has 0 aliphatic heterocycles. The van der Waals surface area contributed by atoms with Crippen LogP contribution in [0.25, 0.3) is 21.8 Å². The van der Waals surface area contributed by atoms with Crippen molar-refractivity contribution in [2.24, 2.45) is 14.1 Å². The average molecular weight is 375 g/mol. The van der Waals surface area contributed by atoms with Crippen LogP contribution in [0.3, 0.4) is 0 Å². The van der Waals surface area contributed by atoms with Gasteiger partial charge in [0, 0.05) is 25.2 Å². The second-order valence-corrected chi connectivity index (χ2v) is 6.83. The van der Waals surface area contributed by atoms with Crippen LogP contribution in [0.2, 0.25) is 0 Å². The Hall–Kier alpha value is -3.54. The number of aryl methyl sites for hydroxylation is 2. The molecular weight excluding hydrogens is 354 g/mol. The second-order valence-electron chi connectivity index (χ2n) is 6.83. The van der Waals surface area contributed by atoms with Gasteiger partial charge in [-0.1, -0.05) is 36.4 Å². The highest BCUT2D eigenvalue weighted by atomic mass is 16.5. The molecule has 28 heavy (non-hydrogen) atoms. The summed E-state index contributed by atoms with van der Waals surface area (Å²) in [5, 5.41) is 4.89. The van der Waals surface area contributed by atoms with E-state index in [-0.39, 0.29) is 11.6 Å². The SMILES string of the molecule is C[C@H](Oc1cccc2ccccc12)C(=O)Nc1ccc2c(c1)n(C)c(=O)n2C. The molecule has 0 spiro atoms. The zero-order chi connectivity index (χ0) is 19.8. The van der Waals surface area contributed by atoms with E-state index < -0.39 is 6.10 Å². The zero-order valence-corrected chi connectivity index (χ0v) is 16.0. The number of nitrogens with zero attached hydrogens (tertiary/aromatic N) is 2. The Bertz CT molecular complexity index is 1250. The molecule has 1 amide bonds. The van der Waals surface area contributed by atoms with Gasteiger partial charge in [0.05, 0.1) is 11.0 Å². The number of hydrogen-bond donors (Lipinski definition) is 1. The van der Waals surface area contributed by atoms with E-state index in [1.807, 2.05) is 48.5 Å². The minimum Gasteiger partial charge on any atom is -0.480 e. The molecule has 1 aromatic heterocycles. The molecule has 0 unspecified atom stereocenters. The Morgan fingerprint density at radius 3 is 2.50 bits per heavy atom. The van der Waals surface area contributed by atoms with Crippen LogP contribution in [0.15, 0.2) is 65.5 Å². The maximum atomic E-state index is 12.6. The van der Waals surface area contributed by atoms with Crippen molar-refractivity contribution in [3.05, 3.63) is 71.1 Å². The van der Waals surface area contributed by atoms with E-state index in [2.05, 4.69) is 5.32 Å². The molecule has 1 N–H and O–H groups in total. The lowest BCUT2D eigenvalue weighted by molar-refractivity contribution is -0.122. The van der Waals surface area contributed by atoms with Gasteiger partial charge in [-0.15, -0.1) is 0 Å². The maximum Gasteiger partial charge on any atom is 0.328 e. The van der Waals surface area contributed by atoms with Gasteiger partial charge in [0.15, 0.2) is 6.10 Å². The third-order valence-electron chi connectivity index (χ3n) is 4.96. The number of amides is 1. The molecule has 0 radical (unpaired) electrons. The van der Waals surface area contributed by atoms with E-state index in [1.165, 1.54) is 0 Å². The topological polar surface area (TPSA) is 65.3 Å². The normalized spacial score (nSPS) is 12.2. The number of fused-ring (bicyclic) bond motifs is 2. The van der Waals surface area contributed by atoms with Gasteiger partial charge in [-0.25, -0.2) is 4.79 Å². The minimum atomic E-state index is -0.680. The molecule has 3 aromatic carbocycles. The molecule has 0 aliphatic carbocycles. The molecule has 1 atom stereocenters. The number of aromatic nitrogens is 2. The Balaban J connectivity index is 1.55. The van der Waals surface area contributed by atoms with E-state index in [9.17, 15) is 9.59 Å². The van der Waals surface area contributed by atoms with E-state index in [0.29, 0.717) is 11.4 Å². The summed E-state index contributed by atoms with van der Waals surface area (Å²) in [4.78, 5) is 24.7. The highest BCUT2D eigenvalue weighted by Gasteiger charge is 2.17. The van der Waals surface area contributed by atoms with Crippen LogP contribution in [0.4, 0.5) is 5.69 Å². The zero-order valence-electron chi connectivity index (χ0n) is 16.0. The summed E-state index contributed by atoms with van der Waals surface area (Å²) >= 11 is 0. The first-order valence-electron chi connectivity index (χ1n) is 9.06. The van der Waals surface area contributed by atoms with Crippen LogP contribution >= 0.6 is 0 Å². The lowest BCUT2D eigenvalue weighted by Gasteiger charge is -2.16. The summed E-state index contributed by atoms with van der Waals surface area (Å²) in [6.45, 7) is 1.72. The van der Waals surface area contributed by atoms with Crippen LogP contribution in [-0.4, -0.2) is 21.1 Å². The van der Waals surface area contributed by atoms with Crippen molar-refractivity contribution in [2.75, 3.05) is 5.32 Å². The highest BCUT2D eigenvalue weighted by molar-refractivity contribution is 5.96. The minimum absolute atomic E-state index is 0.105. The number of anilines is 1.